The quantitative estimate of drug-likeness (QED) is 0.187. The van der Waals surface area contributed by atoms with Gasteiger partial charge in [0.2, 0.25) is 5.91 Å². The number of carboxylic acid groups (broad SMARTS) is 1. The lowest BCUT2D eigenvalue weighted by molar-refractivity contribution is -0.142. The van der Waals surface area contributed by atoms with Crippen molar-refractivity contribution >= 4 is 34.2 Å². The minimum Gasteiger partial charge on any atom is -0.481 e. The third-order valence-corrected chi connectivity index (χ3v) is 7.38. The van der Waals surface area contributed by atoms with E-state index in [0.717, 1.165) is 21.9 Å². The second-order valence-electron chi connectivity index (χ2n) is 10.5. The Labute approximate surface area is 244 Å². The van der Waals surface area contributed by atoms with Crippen LogP contribution < -0.4 is 5.32 Å². The van der Waals surface area contributed by atoms with E-state index in [2.05, 4.69) is 5.32 Å². The Bertz CT molecular complexity index is 1530. The zero-order valence-corrected chi connectivity index (χ0v) is 23.3. The molecule has 0 spiro atoms. The monoisotopic (exact) mass is 567 g/mol. The van der Waals surface area contributed by atoms with Crippen molar-refractivity contribution in [2.24, 2.45) is 5.92 Å². The summed E-state index contributed by atoms with van der Waals surface area (Å²) >= 11 is 0. The van der Waals surface area contributed by atoms with Crippen LogP contribution in [-0.4, -0.2) is 34.6 Å². The Hall–Kier alpha value is -4.65. The summed E-state index contributed by atoms with van der Waals surface area (Å²) in [5, 5.41) is 14.3. The van der Waals surface area contributed by atoms with Crippen molar-refractivity contribution in [1.29, 1.82) is 0 Å². The van der Waals surface area contributed by atoms with Gasteiger partial charge in [-0.05, 0) is 58.9 Å². The zero-order chi connectivity index (χ0) is 29.9. The number of hydrogen-bond donors (Lipinski definition) is 2. The predicted octanol–water partition coefficient (Wildman–Crippen LogP) is 5.89. The number of aliphatic carboxylic acids is 1. The van der Waals surface area contributed by atoms with Gasteiger partial charge >= 0.3 is 5.97 Å². The van der Waals surface area contributed by atoms with Crippen LogP contribution >= 0.6 is 0 Å². The van der Waals surface area contributed by atoms with Gasteiger partial charge in [-0.1, -0.05) is 84.9 Å². The summed E-state index contributed by atoms with van der Waals surface area (Å²) in [6, 6.07) is 27.9. The molecule has 0 aliphatic rings. The van der Waals surface area contributed by atoms with E-state index in [4.69, 9.17) is 0 Å². The first kappa shape index (κ1) is 30.3. The van der Waals surface area contributed by atoms with Gasteiger partial charge in [0.25, 0.3) is 0 Å². The highest BCUT2D eigenvalue weighted by atomic mass is 19.1. The standard InChI is InChI=1S/C35H34FNO5/c36-29-17-13-25(14-18-29)21-32(33(39)20-16-27-11-6-10-26-9-4-5-12-31(26)27)37-35(42)28(23-34(40)41)22-30(38)19-15-24-7-2-1-3-8-24/h1-14,17-18,28,32H,15-16,19-23H2,(H,37,42)(H,40,41)/t28-,32-/m0/s1. The van der Waals surface area contributed by atoms with Crippen LogP contribution in [0.1, 0.15) is 42.4 Å². The molecule has 0 unspecified atom stereocenters. The molecular formula is C35H34FNO5. The number of rotatable bonds is 15. The molecule has 216 valence electrons. The molecule has 0 aromatic heterocycles. The van der Waals surface area contributed by atoms with Crippen molar-refractivity contribution < 1.29 is 28.7 Å². The minimum absolute atomic E-state index is 0.113. The number of Topliss-reactive ketones (excluding diaryl/α,β-unsaturated/α-hetero) is 2. The van der Waals surface area contributed by atoms with E-state index in [1.54, 1.807) is 12.1 Å². The maximum absolute atomic E-state index is 13.5. The van der Waals surface area contributed by atoms with Gasteiger partial charge < -0.3 is 10.4 Å². The Kier molecular flexibility index (Phi) is 10.7. The second kappa shape index (κ2) is 14.8. The van der Waals surface area contributed by atoms with Gasteiger partial charge in [0.1, 0.15) is 11.6 Å². The van der Waals surface area contributed by atoms with Gasteiger partial charge in [0.05, 0.1) is 18.4 Å². The van der Waals surface area contributed by atoms with E-state index in [1.807, 2.05) is 72.8 Å². The Morgan fingerprint density at radius 3 is 2.14 bits per heavy atom. The van der Waals surface area contributed by atoms with Gasteiger partial charge in [0, 0.05) is 19.3 Å². The molecule has 0 aliphatic heterocycles. The highest BCUT2D eigenvalue weighted by Crippen LogP contribution is 2.21. The molecule has 2 N–H and O–H groups in total. The Balaban J connectivity index is 1.47. The average Bonchev–Trinajstić information content (AvgIpc) is 2.99. The van der Waals surface area contributed by atoms with Crippen molar-refractivity contribution in [2.45, 2.75) is 51.0 Å². The van der Waals surface area contributed by atoms with Crippen LogP contribution in [-0.2, 0) is 38.4 Å². The van der Waals surface area contributed by atoms with Crippen LogP contribution in [0.25, 0.3) is 10.8 Å². The molecule has 1 amide bonds. The Morgan fingerprint density at radius 1 is 0.714 bits per heavy atom. The topological polar surface area (TPSA) is 101 Å². The molecule has 0 bridgehead atoms. The number of benzene rings is 4. The van der Waals surface area contributed by atoms with Crippen molar-refractivity contribution in [3.63, 3.8) is 0 Å². The molecule has 0 saturated carbocycles. The summed E-state index contributed by atoms with van der Waals surface area (Å²) in [5.74, 6) is -3.85. The van der Waals surface area contributed by atoms with Crippen LogP contribution in [0.4, 0.5) is 4.39 Å². The average molecular weight is 568 g/mol. The van der Waals surface area contributed by atoms with Crippen LogP contribution in [0.5, 0.6) is 0 Å². The molecule has 0 saturated heterocycles. The van der Waals surface area contributed by atoms with E-state index < -0.39 is 36.1 Å². The number of carbonyl (C=O) groups excluding carboxylic acids is 3. The van der Waals surface area contributed by atoms with Crippen LogP contribution in [0, 0.1) is 11.7 Å². The molecule has 0 fully saturated rings. The third kappa shape index (κ3) is 8.93. The summed E-state index contributed by atoms with van der Waals surface area (Å²) in [6.45, 7) is 0. The van der Waals surface area contributed by atoms with E-state index in [-0.39, 0.29) is 37.2 Å². The van der Waals surface area contributed by atoms with E-state index in [9.17, 15) is 28.7 Å². The zero-order valence-electron chi connectivity index (χ0n) is 23.3. The van der Waals surface area contributed by atoms with Crippen LogP contribution in [0.2, 0.25) is 0 Å². The van der Waals surface area contributed by atoms with Crippen LogP contribution in [0.15, 0.2) is 97.1 Å². The second-order valence-corrected chi connectivity index (χ2v) is 10.5. The predicted molar refractivity (Wildman–Crippen MR) is 159 cm³/mol. The van der Waals surface area contributed by atoms with Crippen molar-refractivity contribution in [2.75, 3.05) is 0 Å². The summed E-state index contributed by atoms with van der Waals surface area (Å²) < 4.78 is 13.5. The molecule has 0 aliphatic carbocycles. The van der Waals surface area contributed by atoms with Gasteiger partial charge in [-0.25, -0.2) is 4.39 Å². The number of amides is 1. The summed E-state index contributed by atoms with van der Waals surface area (Å²) in [7, 11) is 0. The van der Waals surface area contributed by atoms with Gasteiger partial charge in [-0.15, -0.1) is 0 Å². The van der Waals surface area contributed by atoms with E-state index in [0.29, 0.717) is 18.4 Å². The van der Waals surface area contributed by atoms with Gasteiger partial charge in [0.15, 0.2) is 5.78 Å². The maximum Gasteiger partial charge on any atom is 0.304 e. The van der Waals surface area contributed by atoms with Crippen molar-refractivity contribution in [1.82, 2.24) is 5.32 Å². The lowest BCUT2D eigenvalue weighted by Gasteiger charge is -2.22. The lowest BCUT2D eigenvalue weighted by atomic mass is 9.92. The highest BCUT2D eigenvalue weighted by molar-refractivity contribution is 5.94. The molecule has 0 radical (unpaired) electrons. The highest BCUT2D eigenvalue weighted by Gasteiger charge is 2.29. The number of carboxylic acids is 1. The summed E-state index contributed by atoms with van der Waals surface area (Å²) in [4.78, 5) is 51.2. The number of nitrogens with one attached hydrogen (secondary N) is 1. The molecule has 6 nitrogen and oxygen atoms in total. The van der Waals surface area contributed by atoms with Gasteiger partial charge in [-0.2, -0.15) is 0 Å². The number of hydrogen-bond acceptors (Lipinski definition) is 4. The fraction of sp³-hybridized carbons (Fsp3) is 0.257. The van der Waals surface area contributed by atoms with Gasteiger partial charge in [-0.3, -0.25) is 19.2 Å². The number of aryl methyl sites for hydroxylation is 2. The summed E-state index contributed by atoms with van der Waals surface area (Å²) in [6.07, 6.45) is 0.598. The molecule has 2 atom stereocenters. The molecular weight excluding hydrogens is 533 g/mol. The largest absolute Gasteiger partial charge is 0.481 e. The SMILES string of the molecule is O=C(O)C[C@H](CC(=O)CCc1ccccc1)C(=O)N[C@@H](Cc1ccc(F)cc1)C(=O)CCc1cccc2ccccc12. The van der Waals surface area contributed by atoms with Crippen molar-refractivity contribution in [3.05, 3.63) is 120 Å². The molecule has 7 heteroatoms. The van der Waals surface area contributed by atoms with E-state index in [1.165, 1.54) is 12.1 Å². The number of halogens is 1. The molecule has 4 aromatic carbocycles. The Morgan fingerprint density at radius 2 is 1.40 bits per heavy atom. The van der Waals surface area contributed by atoms with Crippen molar-refractivity contribution in [3.8, 4) is 0 Å². The lowest BCUT2D eigenvalue weighted by Crippen LogP contribution is -2.46. The number of fused-ring (bicyclic) bond motifs is 1. The maximum atomic E-state index is 13.5. The molecule has 4 aromatic rings. The number of carbonyl (C=O) groups is 4. The normalized spacial score (nSPS) is 12.4. The van der Waals surface area contributed by atoms with E-state index >= 15 is 0 Å². The first-order valence-corrected chi connectivity index (χ1v) is 14.1. The molecule has 0 heterocycles. The number of ketones is 2. The third-order valence-electron chi connectivity index (χ3n) is 7.38. The first-order chi connectivity index (χ1) is 20.3. The molecule has 42 heavy (non-hydrogen) atoms. The fourth-order valence-electron chi connectivity index (χ4n) is 5.11. The fourth-order valence-corrected chi connectivity index (χ4v) is 5.11. The minimum atomic E-state index is -1.21. The smallest absolute Gasteiger partial charge is 0.304 e. The first-order valence-electron chi connectivity index (χ1n) is 14.1. The summed E-state index contributed by atoms with van der Waals surface area (Å²) in [5.41, 5.74) is 2.62. The molecule has 4 rings (SSSR count). The van der Waals surface area contributed by atoms with Crippen LogP contribution in [0.3, 0.4) is 0 Å².